The van der Waals surface area contributed by atoms with E-state index in [9.17, 15) is 26.4 Å². The van der Waals surface area contributed by atoms with Crippen molar-refractivity contribution in [3.8, 4) is 5.75 Å². The van der Waals surface area contributed by atoms with Gasteiger partial charge in [0.2, 0.25) is 5.91 Å². The summed E-state index contributed by atoms with van der Waals surface area (Å²) in [7, 11) is -4.58. The number of carbonyl (C=O) groups is 1. The molecule has 5 rings (SSSR count). The lowest BCUT2D eigenvalue weighted by molar-refractivity contribution is -0.275. The van der Waals surface area contributed by atoms with E-state index < -0.39 is 32.9 Å². The second-order valence-electron chi connectivity index (χ2n) is 15.2. The Labute approximate surface area is 268 Å². The summed E-state index contributed by atoms with van der Waals surface area (Å²) in [6.45, 7) is 11.9. The van der Waals surface area contributed by atoms with E-state index in [0.29, 0.717) is 30.2 Å². The van der Waals surface area contributed by atoms with Crippen LogP contribution in [0.4, 0.5) is 18.9 Å². The summed E-state index contributed by atoms with van der Waals surface area (Å²) in [4.78, 5) is 12.2. The van der Waals surface area contributed by atoms with Crippen LogP contribution in [0.3, 0.4) is 0 Å². The summed E-state index contributed by atoms with van der Waals surface area (Å²) in [5.74, 6) is 3.08. The standard InChI is InChI=1S/C35H53F3N2O4S/c1-6-23-20-25-28-14-13-26(34(28,5)19-17-29(25)33(4)18-9-8-10-27(23)33)22(3)11-16-32(41)40-45(42,43)31-15-12-24(39-7-2)21-30(31)44-35(36,37)38/h12,15,21-23,25-29,39H,6-11,13-14,16-20H2,1-5H3,(H,40,41)/t22-,23+,25?,26-,27+,28?,29?,33+,34-/m1/s1. The molecule has 2 N–H and O–H groups in total. The zero-order valence-electron chi connectivity index (χ0n) is 27.6. The van der Waals surface area contributed by atoms with Gasteiger partial charge in [-0.15, -0.1) is 13.2 Å². The number of rotatable bonds is 10. The molecule has 0 radical (unpaired) electrons. The van der Waals surface area contributed by atoms with Crippen LogP contribution in [0.25, 0.3) is 0 Å². The minimum atomic E-state index is -5.09. The fourth-order valence-electron chi connectivity index (χ4n) is 11.1. The number of nitrogens with one attached hydrogen (secondary N) is 2. The van der Waals surface area contributed by atoms with Gasteiger partial charge in [-0.3, -0.25) is 4.79 Å². The molecule has 10 heteroatoms. The number of anilines is 1. The van der Waals surface area contributed by atoms with Gasteiger partial charge in [0.05, 0.1) is 0 Å². The highest BCUT2D eigenvalue weighted by molar-refractivity contribution is 7.90. The van der Waals surface area contributed by atoms with Crippen LogP contribution in [0.5, 0.6) is 5.75 Å². The number of fused-ring (bicyclic) bond motifs is 5. The molecule has 4 aliphatic carbocycles. The van der Waals surface area contributed by atoms with Crippen LogP contribution in [0.2, 0.25) is 0 Å². The van der Waals surface area contributed by atoms with Gasteiger partial charge in [0.1, 0.15) is 4.90 Å². The van der Waals surface area contributed by atoms with Crippen LogP contribution in [0.15, 0.2) is 23.1 Å². The van der Waals surface area contributed by atoms with Crippen molar-refractivity contribution in [2.75, 3.05) is 11.9 Å². The quantitative estimate of drug-likeness (QED) is 0.263. The number of sulfonamides is 1. The lowest BCUT2D eigenvalue weighted by Crippen LogP contribution is -2.55. The third kappa shape index (κ3) is 6.73. The maximum Gasteiger partial charge on any atom is 0.573 e. The Balaban J connectivity index is 1.24. The third-order valence-electron chi connectivity index (χ3n) is 13.0. The van der Waals surface area contributed by atoms with Crippen LogP contribution in [-0.2, 0) is 14.8 Å². The van der Waals surface area contributed by atoms with Gasteiger partial charge in [-0.1, -0.05) is 47.0 Å². The average Bonchev–Trinajstić information content (AvgIpc) is 3.31. The van der Waals surface area contributed by atoms with Crippen LogP contribution >= 0.6 is 0 Å². The first kappa shape index (κ1) is 34.4. The molecule has 0 bridgehead atoms. The van der Waals surface area contributed by atoms with Gasteiger partial charge in [0.15, 0.2) is 5.75 Å². The number of amides is 1. The first-order valence-electron chi connectivity index (χ1n) is 17.3. The molecule has 1 aromatic carbocycles. The van der Waals surface area contributed by atoms with Gasteiger partial charge in [-0.25, -0.2) is 13.1 Å². The predicted octanol–water partition coefficient (Wildman–Crippen LogP) is 8.92. The highest BCUT2D eigenvalue weighted by Gasteiger charge is 2.61. The molecule has 0 heterocycles. The van der Waals surface area contributed by atoms with E-state index in [0.717, 1.165) is 42.2 Å². The van der Waals surface area contributed by atoms with E-state index in [1.807, 2.05) is 4.72 Å². The molecule has 0 spiro atoms. The van der Waals surface area contributed by atoms with Crippen LogP contribution in [-0.4, -0.2) is 27.2 Å². The molecule has 0 aliphatic heterocycles. The summed E-state index contributed by atoms with van der Waals surface area (Å²) in [5.41, 5.74) is 0.963. The molecule has 4 saturated carbocycles. The molecular formula is C35H53F3N2O4S. The van der Waals surface area contributed by atoms with Crippen molar-refractivity contribution in [2.24, 2.45) is 52.3 Å². The maximum atomic E-state index is 13.1. The van der Waals surface area contributed by atoms with Crippen molar-refractivity contribution in [2.45, 2.75) is 123 Å². The number of hydrogen-bond donors (Lipinski definition) is 2. The molecule has 3 unspecified atom stereocenters. The third-order valence-corrected chi connectivity index (χ3v) is 14.4. The number of ether oxygens (including phenoxy) is 1. The fraction of sp³-hybridized carbons (Fsp3) is 0.800. The second kappa shape index (κ2) is 12.9. The first-order chi connectivity index (χ1) is 21.1. The van der Waals surface area contributed by atoms with Crippen molar-refractivity contribution in [3.05, 3.63) is 18.2 Å². The second-order valence-corrected chi connectivity index (χ2v) is 16.8. The Kier molecular flexibility index (Phi) is 9.86. The largest absolute Gasteiger partial charge is 0.573 e. The van der Waals surface area contributed by atoms with Crippen molar-refractivity contribution in [1.82, 2.24) is 4.72 Å². The van der Waals surface area contributed by atoms with Crippen LogP contribution in [0.1, 0.15) is 112 Å². The van der Waals surface area contributed by atoms with Crippen molar-refractivity contribution in [1.29, 1.82) is 0 Å². The first-order valence-corrected chi connectivity index (χ1v) is 18.8. The van der Waals surface area contributed by atoms with Crippen LogP contribution < -0.4 is 14.8 Å². The highest BCUT2D eigenvalue weighted by Crippen LogP contribution is 2.69. The SMILES string of the molecule is CCNc1ccc(S(=O)(=O)NC(=O)CC[C@@H](C)[C@H]2CCC3C4C[C@H](CC)[C@@H]5CCCC[C@]5(C)C4CC[C@@]32C)c(OC(F)(F)F)c1. The minimum Gasteiger partial charge on any atom is -0.404 e. The Hall–Kier alpha value is -1.97. The lowest BCUT2D eigenvalue weighted by atomic mass is 9.42. The Bertz CT molecular complexity index is 1340. The van der Waals surface area contributed by atoms with E-state index in [4.69, 9.17) is 0 Å². The fourth-order valence-corrected chi connectivity index (χ4v) is 12.2. The number of benzene rings is 1. The van der Waals surface area contributed by atoms with Crippen molar-refractivity contribution in [3.63, 3.8) is 0 Å². The molecule has 9 atom stereocenters. The Morgan fingerprint density at radius 1 is 1.02 bits per heavy atom. The van der Waals surface area contributed by atoms with E-state index in [1.54, 1.807) is 6.92 Å². The maximum absolute atomic E-state index is 13.1. The summed E-state index contributed by atoms with van der Waals surface area (Å²) < 4.78 is 71.5. The molecule has 0 aromatic heterocycles. The van der Waals surface area contributed by atoms with Gasteiger partial charge in [0.25, 0.3) is 10.0 Å². The molecule has 0 saturated heterocycles. The van der Waals surface area contributed by atoms with Gasteiger partial charge in [0, 0.05) is 24.7 Å². The molecule has 1 aromatic rings. The molecule has 1 amide bonds. The Morgan fingerprint density at radius 2 is 1.76 bits per heavy atom. The number of halogens is 3. The lowest BCUT2D eigenvalue weighted by Gasteiger charge is -2.63. The van der Waals surface area contributed by atoms with Gasteiger partial charge in [-0.2, -0.15) is 0 Å². The molecule has 45 heavy (non-hydrogen) atoms. The normalized spacial score (nSPS) is 35.5. The smallest absolute Gasteiger partial charge is 0.404 e. The van der Waals surface area contributed by atoms with Gasteiger partial charge >= 0.3 is 6.36 Å². The summed E-state index contributed by atoms with van der Waals surface area (Å²) >= 11 is 0. The van der Waals surface area contributed by atoms with Crippen LogP contribution in [0, 0.1) is 52.3 Å². The zero-order chi connectivity index (χ0) is 32.8. The molecule has 254 valence electrons. The topological polar surface area (TPSA) is 84.5 Å². The van der Waals surface area contributed by atoms with E-state index in [-0.39, 0.29) is 23.4 Å². The summed E-state index contributed by atoms with van der Waals surface area (Å²) in [5, 5.41) is 2.84. The Morgan fingerprint density at radius 3 is 2.44 bits per heavy atom. The van der Waals surface area contributed by atoms with Crippen molar-refractivity contribution >= 4 is 21.6 Å². The van der Waals surface area contributed by atoms with E-state index in [1.165, 1.54) is 63.9 Å². The monoisotopic (exact) mass is 654 g/mol. The zero-order valence-corrected chi connectivity index (χ0v) is 28.5. The van der Waals surface area contributed by atoms with E-state index in [2.05, 4.69) is 37.7 Å². The number of alkyl halides is 3. The molecular weight excluding hydrogens is 601 g/mol. The molecule has 4 fully saturated rings. The predicted molar refractivity (Wildman–Crippen MR) is 170 cm³/mol. The molecule has 4 aliphatic rings. The average molecular weight is 655 g/mol. The number of carbonyl (C=O) groups excluding carboxylic acids is 1. The van der Waals surface area contributed by atoms with Gasteiger partial charge in [-0.05, 0) is 123 Å². The van der Waals surface area contributed by atoms with Gasteiger partial charge < -0.3 is 10.1 Å². The number of hydrogen-bond acceptors (Lipinski definition) is 5. The highest BCUT2D eigenvalue weighted by atomic mass is 32.2. The molecule has 6 nitrogen and oxygen atoms in total. The minimum absolute atomic E-state index is 0.00765. The van der Waals surface area contributed by atoms with E-state index >= 15 is 0 Å². The van der Waals surface area contributed by atoms with Crippen molar-refractivity contribution < 1.29 is 31.1 Å². The summed E-state index contributed by atoms with van der Waals surface area (Å²) in [6, 6.07) is 3.36. The summed E-state index contributed by atoms with van der Waals surface area (Å²) in [6.07, 6.45) is 8.47.